The van der Waals surface area contributed by atoms with E-state index in [1.807, 2.05) is 30.3 Å². The first-order valence-electron chi connectivity index (χ1n) is 12.3. The minimum absolute atomic E-state index is 0.0476. The molecule has 2 atom stereocenters. The number of carbonyl (C=O) groups is 1. The van der Waals surface area contributed by atoms with E-state index < -0.39 is 17.8 Å². The zero-order valence-corrected chi connectivity index (χ0v) is 20.8. The maximum atomic E-state index is 13.8. The number of methoxy groups -OCH3 is 1. The summed E-state index contributed by atoms with van der Waals surface area (Å²) in [5.74, 6) is 0.215. The van der Waals surface area contributed by atoms with Gasteiger partial charge in [0, 0.05) is 44.4 Å². The van der Waals surface area contributed by atoms with Gasteiger partial charge in [-0.25, -0.2) is 9.78 Å². The lowest BCUT2D eigenvalue weighted by Crippen LogP contribution is -2.42. The van der Waals surface area contributed by atoms with Crippen LogP contribution in [-0.2, 0) is 10.9 Å². The maximum Gasteiger partial charge on any atom is 0.419 e. The molecule has 10 heteroatoms. The average molecular weight is 524 g/mol. The molecule has 2 aromatic heterocycles. The molecule has 5 rings (SSSR count). The van der Waals surface area contributed by atoms with Crippen LogP contribution >= 0.6 is 0 Å². The van der Waals surface area contributed by atoms with E-state index in [-0.39, 0.29) is 29.1 Å². The molecule has 1 aliphatic heterocycles. The first-order chi connectivity index (χ1) is 18.3. The summed E-state index contributed by atoms with van der Waals surface area (Å²) in [6, 6.07) is 20.3. The quantitative estimate of drug-likeness (QED) is 0.347. The maximum absolute atomic E-state index is 13.8. The van der Waals surface area contributed by atoms with Crippen molar-refractivity contribution in [2.24, 2.45) is 0 Å². The number of nitrogens with one attached hydrogen (secondary N) is 2. The van der Waals surface area contributed by atoms with Gasteiger partial charge in [0.1, 0.15) is 11.5 Å². The van der Waals surface area contributed by atoms with Crippen LogP contribution in [0.4, 0.5) is 23.8 Å². The van der Waals surface area contributed by atoms with Crippen molar-refractivity contribution >= 4 is 17.5 Å². The Morgan fingerprint density at radius 3 is 2.42 bits per heavy atom. The zero-order valence-electron chi connectivity index (χ0n) is 20.8. The highest BCUT2D eigenvalue weighted by Gasteiger charge is 2.36. The monoisotopic (exact) mass is 523 g/mol. The lowest BCUT2D eigenvalue weighted by atomic mass is 9.94. The van der Waals surface area contributed by atoms with E-state index >= 15 is 0 Å². The predicted octanol–water partition coefficient (Wildman–Crippen LogP) is 5.26. The molecule has 1 aliphatic rings. The number of anilines is 1. The molecule has 0 radical (unpaired) electrons. The van der Waals surface area contributed by atoms with Gasteiger partial charge in [-0.3, -0.25) is 14.6 Å². The summed E-state index contributed by atoms with van der Waals surface area (Å²) in [6.45, 7) is 2.67. The third-order valence-corrected chi connectivity index (χ3v) is 6.79. The topological polar surface area (TPSA) is 70.9 Å². The number of amides is 2. The van der Waals surface area contributed by atoms with Crippen LogP contribution in [0.25, 0.3) is 16.9 Å². The van der Waals surface area contributed by atoms with Crippen LogP contribution < -0.4 is 10.6 Å². The molecule has 198 valence electrons. The van der Waals surface area contributed by atoms with Crippen molar-refractivity contribution in [1.29, 1.82) is 0 Å². The summed E-state index contributed by atoms with van der Waals surface area (Å²) in [5.41, 5.74) is 0.799. The first-order valence-corrected chi connectivity index (χ1v) is 12.3. The summed E-state index contributed by atoms with van der Waals surface area (Å²) in [5, 5.41) is 5.87. The smallest absolute Gasteiger partial charge is 0.383 e. The summed E-state index contributed by atoms with van der Waals surface area (Å²) >= 11 is 0. The standard InChI is InChI=1S/C28H28F3N5O2/c1-38-16-15-35-17-21(19-9-4-2-5-10-19)23(18-35)32-27(37)34-26-24(20-11-6-3-7-12-20)33-25-22(28(29,30)31)13-8-14-36(25)26/h2-14,21,23H,15-18H2,1H3,(H2,32,34,37)/t21-,23+/m0/s1. The SMILES string of the molecule is COCCN1C[C@@H](NC(=O)Nc2c(-c3ccccc3)nc3c(C(F)(F)F)cccn23)[C@H](c2ccccc2)C1. The van der Waals surface area contributed by atoms with E-state index in [9.17, 15) is 18.0 Å². The molecule has 0 aliphatic carbocycles. The van der Waals surface area contributed by atoms with Gasteiger partial charge in [0.05, 0.1) is 18.2 Å². The Labute approximate surface area is 218 Å². The van der Waals surface area contributed by atoms with Gasteiger partial charge >= 0.3 is 12.2 Å². The van der Waals surface area contributed by atoms with Gasteiger partial charge in [0.2, 0.25) is 0 Å². The van der Waals surface area contributed by atoms with Gasteiger partial charge < -0.3 is 10.1 Å². The van der Waals surface area contributed by atoms with Crippen molar-refractivity contribution in [2.45, 2.75) is 18.1 Å². The van der Waals surface area contributed by atoms with E-state index in [0.717, 1.165) is 24.7 Å². The number of imidazole rings is 1. The van der Waals surface area contributed by atoms with Gasteiger partial charge in [-0.05, 0) is 17.7 Å². The van der Waals surface area contributed by atoms with Crippen molar-refractivity contribution in [3.8, 4) is 11.3 Å². The lowest BCUT2D eigenvalue weighted by Gasteiger charge is -2.21. The van der Waals surface area contributed by atoms with E-state index in [2.05, 4.69) is 20.5 Å². The number of likely N-dealkylation sites (tertiary alicyclic amines) is 1. The summed E-state index contributed by atoms with van der Waals surface area (Å²) < 4.78 is 47.8. The number of aromatic nitrogens is 2. The van der Waals surface area contributed by atoms with Crippen molar-refractivity contribution in [3.63, 3.8) is 0 Å². The van der Waals surface area contributed by atoms with E-state index in [1.54, 1.807) is 37.4 Å². The largest absolute Gasteiger partial charge is 0.419 e. The fraction of sp³-hybridized carbons (Fsp3) is 0.286. The fourth-order valence-corrected chi connectivity index (χ4v) is 4.99. The molecule has 1 fully saturated rings. The molecule has 2 N–H and O–H groups in total. The van der Waals surface area contributed by atoms with Crippen LogP contribution in [0, 0.1) is 0 Å². The fourth-order valence-electron chi connectivity index (χ4n) is 4.99. The molecule has 3 heterocycles. The van der Waals surface area contributed by atoms with Crippen LogP contribution in [0.1, 0.15) is 17.0 Å². The number of alkyl halides is 3. The van der Waals surface area contributed by atoms with E-state index in [4.69, 9.17) is 4.74 Å². The Morgan fingerprint density at radius 1 is 1.03 bits per heavy atom. The minimum atomic E-state index is -4.60. The van der Waals surface area contributed by atoms with Crippen LogP contribution in [0.15, 0.2) is 79.0 Å². The molecule has 4 aromatic rings. The Morgan fingerprint density at radius 2 is 1.74 bits per heavy atom. The second-order valence-corrected chi connectivity index (χ2v) is 9.26. The number of hydrogen-bond acceptors (Lipinski definition) is 4. The lowest BCUT2D eigenvalue weighted by molar-refractivity contribution is -0.136. The molecule has 0 saturated carbocycles. The van der Waals surface area contributed by atoms with Crippen molar-refractivity contribution < 1.29 is 22.7 Å². The Hall–Kier alpha value is -3.89. The Bertz CT molecular complexity index is 1390. The second-order valence-electron chi connectivity index (χ2n) is 9.26. The second kappa shape index (κ2) is 10.8. The highest BCUT2D eigenvalue weighted by molar-refractivity contribution is 5.94. The summed E-state index contributed by atoms with van der Waals surface area (Å²) in [6.07, 6.45) is -3.13. The molecule has 1 saturated heterocycles. The number of hydrogen-bond donors (Lipinski definition) is 2. The number of pyridine rings is 1. The number of benzene rings is 2. The molecule has 0 spiro atoms. The molecule has 7 nitrogen and oxygen atoms in total. The third kappa shape index (κ3) is 5.36. The first kappa shape index (κ1) is 25.7. The number of rotatable bonds is 7. The van der Waals surface area contributed by atoms with Gasteiger partial charge in [0.15, 0.2) is 5.65 Å². The number of halogens is 3. The molecule has 2 aromatic carbocycles. The Balaban J connectivity index is 1.46. The van der Waals surface area contributed by atoms with Crippen molar-refractivity contribution in [1.82, 2.24) is 19.6 Å². The molecule has 0 bridgehead atoms. The van der Waals surface area contributed by atoms with Crippen molar-refractivity contribution in [2.75, 3.05) is 38.7 Å². The summed E-state index contributed by atoms with van der Waals surface area (Å²) in [7, 11) is 1.65. The van der Waals surface area contributed by atoms with Crippen LogP contribution in [0.3, 0.4) is 0 Å². The Kier molecular flexibility index (Phi) is 7.35. The number of ether oxygens (including phenoxy) is 1. The molecular formula is C28H28F3N5O2. The normalized spacial score (nSPS) is 18.1. The highest BCUT2D eigenvalue weighted by Crippen LogP contribution is 2.36. The predicted molar refractivity (Wildman–Crippen MR) is 139 cm³/mol. The number of nitrogens with zero attached hydrogens (tertiary/aromatic N) is 3. The molecule has 2 amide bonds. The van der Waals surface area contributed by atoms with Gasteiger partial charge in [0.25, 0.3) is 0 Å². The number of fused-ring (bicyclic) bond motifs is 1. The van der Waals surface area contributed by atoms with E-state index in [1.165, 1.54) is 16.7 Å². The third-order valence-electron chi connectivity index (χ3n) is 6.79. The molecule has 38 heavy (non-hydrogen) atoms. The molecule has 0 unspecified atom stereocenters. The molecular weight excluding hydrogens is 495 g/mol. The van der Waals surface area contributed by atoms with Crippen LogP contribution in [0.2, 0.25) is 0 Å². The van der Waals surface area contributed by atoms with Crippen molar-refractivity contribution in [3.05, 3.63) is 90.1 Å². The van der Waals surface area contributed by atoms with Gasteiger partial charge in [-0.1, -0.05) is 60.7 Å². The highest BCUT2D eigenvalue weighted by atomic mass is 19.4. The average Bonchev–Trinajstić information content (AvgIpc) is 3.49. The van der Waals surface area contributed by atoms with Crippen LogP contribution in [0.5, 0.6) is 0 Å². The minimum Gasteiger partial charge on any atom is -0.383 e. The number of urea groups is 1. The zero-order chi connectivity index (χ0) is 26.7. The summed E-state index contributed by atoms with van der Waals surface area (Å²) in [4.78, 5) is 19.9. The van der Waals surface area contributed by atoms with Gasteiger partial charge in [-0.15, -0.1) is 0 Å². The number of carbonyl (C=O) groups excluding carboxylic acids is 1. The van der Waals surface area contributed by atoms with Gasteiger partial charge in [-0.2, -0.15) is 13.2 Å². The van der Waals surface area contributed by atoms with E-state index in [0.29, 0.717) is 18.7 Å². The van der Waals surface area contributed by atoms with Crippen LogP contribution in [-0.4, -0.2) is 59.7 Å².